The molecule has 188 valence electrons. The Hall–Kier alpha value is -1.82. The lowest BCUT2D eigenvalue weighted by Crippen LogP contribution is -2.62. The molecule has 4 fully saturated rings. The standard InChI is InChI=1S/C18H30N4O11/c23-5-7-11(25)13(27)15(31-7)21-3-1-9(19-17(21)29)33-10-2-4-22(18(30)20-10)16-14(28)12(26)8(6-24)32-16/h7-16,23-28H,1-6H2,(H,19,29)(H,20,30)/t7-,8-,9-,10-,11+,12+,13+,14+,15-,16-/m0/s1. The molecule has 8 N–H and O–H groups in total. The van der Waals surface area contributed by atoms with Crippen LogP contribution < -0.4 is 10.6 Å². The summed E-state index contributed by atoms with van der Waals surface area (Å²) in [5.74, 6) is 0. The molecule has 4 saturated heterocycles. The third kappa shape index (κ3) is 4.60. The first-order valence-corrected chi connectivity index (χ1v) is 10.8. The Labute approximate surface area is 188 Å². The van der Waals surface area contributed by atoms with Gasteiger partial charge in [-0.15, -0.1) is 0 Å². The molecule has 4 aliphatic rings. The smallest absolute Gasteiger partial charge is 0.321 e. The Morgan fingerprint density at radius 3 is 1.45 bits per heavy atom. The zero-order valence-electron chi connectivity index (χ0n) is 17.6. The van der Waals surface area contributed by atoms with Crippen LogP contribution in [0.3, 0.4) is 0 Å². The molecular weight excluding hydrogens is 448 g/mol. The van der Waals surface area contributed by atoms with Crippen molar-refractivity contribution in [2.75, 3.05) is 26.3 Å². The molecule has 15 heteroatoms. The van der Waals surface area contributed by atoms with Crippen molar-refractivity contribution >= 4 is 12.1 Å². The third-order valence-corrected chi connectivity index (χ3v) is 6.33. The molecule has 33 heavy (non-hydrogen) atoms. The van der Waals surface area contributed by atoms with Crippen LogP contribution in [-0.4, -0.2) is 140 Å². The van der Waals surface area contributed by atoms with Crippen LogP contribution in [0.4, 0.5) is 9.59 Å². The van der Waals surface area contributed by atoms with Crippen molar-refractivity contribution in [3.8, 4) is 0 Å². The lowest BCUT2D eigenvalue weighted by atomic mass is 10.1. The summed E-state index contributed by atoms with van der Waals surface area (Å²) in [5, 5.41) is 63.6. The van der Waals surface area contributed by atoms with E-state index in [2.05, 4.69) is 10.6 Å². The van der Waals surface area contributed by atoms with Gasteiger partial charge in [-0.2, -0.15) is 0 Å². The van der Waals surface area contributed by atoms with E-state index in [1.165, 1.54) is 9.80 Å². The van der Waals surface area contributed by atoms with Gasteiger partial charge in [-0.25, -0.2) is 9.59 Å². The van der Waals surface area contributed by atoms with Crippen LogP contribution in [0.5, 0.6) is 0 Å². The van der Waals surface area contributed by atoms with Crippen LogP contribution >= 0.6 is 0 Å². The molecule has 4 heterocycles. The summed E-state index contributed by atoms with van der Waals surface area (Å²) >= 11 is 0. The predicted molar refractivity (Wildman–Crippen MR) is 104 cm³/mol. The lowest BCUT2D eigenvalue weighted by molar-refractivity contribution is -0.118. The van der Waals surface area contributed by atoms with Gasteiger partial charge in [-0.3, -0.25) is 9.80 Å². The van der Waals surface area contributed by atoms with Gasteiger partial charge in [0.1, 0.15) is 49.1 Å². The number of ether oxygens (including phenoxy) is 3. The number of rotatable bonds is 6. The number of hydrogen-bond acceptors (Lipinski definition) is 11. The van der Waals surface area contributed by atoms with E-state index >= 15 is 0 Å². The number of nitrogens with one attached hydrogen (secondary N) is 2. The maximum absolute atomic E-state index is 12.5. The van der Waals surface area contributed by atoms with E-state index < -0.39 is 86.8 Å². The number of carbonyl (C=O) groups excluding carboxylic acids is 2. The van der Waals surface area contributed by atoms with E-state index in [-0.39, 0.29) is 13.1 Å². The van der Waals surface area contributed by atoms with Crippen molar-refractivity contribution in [1.82, 2.24) is 20.4 Å². The van der Waals surface area contributed by atoms with Crippen LogP contribution in [0.15, 0.2) is 0 Å². The normalized spacial score (nSPS) is 44.2. The number of aliphatic hydroxyl groups is 6. The summed E-state index contributed by atoms with van der Waals surface area (Å²) in [4.78, 5) is 27.4. The Balaban J connectivity index is 1.27. The topological polar surface area (TPSA) is 214 Å². The molecule has 15 nitrogen and oxygen atoms in total. The Kier molecular flexibility index (Phi) is 7.23. The van der Waals surface area contributed by atoms with Gasteiger partial charge in [-0.05, 0) is 0 Å². The average Bonchev–Trinajstić information content (AvgIpc) is 3.24. The summed E-state index contributed by atoms with van der Waals surface area (Å²) in [7, 11) is 0. The van der Waals surface area contributed by atoms with Crippen molar-refractivity contribution < 1.29 is 54.4 Å². The fraction of sp³-hybridized carbons (Fsp3) is 0.889. The predicted octanol–water partition coefficient (Wildman–Crippen LogP) is -4.64. The lowest BCUT2D eigenvalue weighted by Gasteiger charge is -2.40. The molecule has 4 rings (SSSR count). The molecule has 10 atom stereocenters. The maximum Gasteiger partial charge on any atom is 0.321 e. The molecule has 0 aromatic heterocycles. The summed E-state index contributed by atoms with van der Waals surface area (Å²) < 4.78 is 16.5. The van der Waals surface area contributed by atoms with E-state index in [1.54, 1.807) is 0 Å². The SMILES string of the molecule is O=C1N[C@@H](O[C@H]2CCN([C@H]3O[C@@H](CO)[C@@H](O)[C@H]3O)C(=O)N2)CCN1[C@H]1O[C@@H](CO)[C@@H](O)[C@H]1O. The number of hydrogen-bond donors (Lipinski definition) is 8. The van der Waals surface area contributed by atoms with Gasteiger partial charge in [0.25, 0.3) is 0 Å². The summed E-state index contributed by atoms with van der Waals surface area (Å²) in [5.41, 5.74) is 0. The first-order chi connectivity index (χ1) is 15.7. The van der Waals surface area contributed by atoms with Crippen LogP contribution in [0.25, 0.3) is 0 Å². The average molecular weight is 478 g/mol. The van der Waals surface area contributed by atoms with E-state index in [1.807, 2.05) is 0 Å². The highest BCUT2D eigenvalue weighted by Crippen LogP contribution is 2.28. The van der Waals surface area contributed by atoms with Gasteiger partial charge < -0.3 is 55.5 Å². The molecule has 0 saturated carbocycles. The zero-order valence-corrected chi connectivity index (χ0v) is 17.6. The highest BCUT2D eigenvalue weighted by Gasteiger charge is 2.49. The van der Waals surface area contributed by atoms with Crippen molar-refractivity contribution in [1.29, 1.82) is 0 Å². The minimum atomic E-state index is -1.37. The van der Waals surface area contributed by atoms with Crippen LogP contribution in [0.2, 0.25) is 0 Å². The van der Waals surface area contributed by atoms with E-state index in [0.717, 1.165) is 0 Å². The number of carbonyl (C=O) groups is 2. The van der Waals surface area contributed by atoms with Gasteiger partial charge in [0.2, 0.25) is 0 Å². The minimum Gasteiger partial charge on any atom is -0.394 e. The number of amides is 4. The van der Waals surface area contributed by atoms with Crippen molar-refractivity contribution in [2.45, 2.75) is 74.4 Å². The first kappa shape index (κ1) is 24.3. The quantitative estimate of drug-likeness (QED) is 0.182. The highest BCUT2D eigenvalue weighted by molar-refractivity contribution is 5.76. The molecule has 4 aliphatic heterocycles. The van der Waals surface area contributed by atoms with Crippen LogP contribution in [0, 0.1) is 0 Å². The molecule has 0 spiro atoms. The molecule has 4 amide bonds. The van der Waals surface area contributed by atoms with Crippen LogP contribution in [0.1, 0.15) is 12.8 Å². The monoisotopic (exact) mass is 478 g/mol. The van der Waals surface area contributed by atoms with E-state index in [9.17, 15) is 40.2 Å². The Morgan fingerprint density at radius 1 is 0.758 bits per heavy atom. The van der Waals surface area contributed by atoms with Gasteiger partial charge in [-0.1, -0.05) is 0 Å². The van der Waals surface area contributed by atoms with Gasteiger partial charge in [0.05, 0.1) is 13.2 Å². The van der Waals surface area contributed by atoms with E-state index in [4.69, 9.17) is 14.2 Å². The minimum absolute atomic E-state index is 0.137. The Bertz CT molecular complexity index is 674. The van der Waals surface area contributed by atoms with Gasteiger partial charge in [0, 0.05) is 25.9 Å². The van der Waals surface area contributed by atoms with Crippen molar-refractivity contribution in [3.63, 3.8) is 0 Å². The van der Waals surface area contributed by atoms with Gasteiger partial charge >= 0.3 is 12.1 Å². The zero-order chi connectivity index (χ0) is 23.9. The molecule has 0 radical (unpaired) electrons. The first-order valence-electron chi connectivity index (χ1n) is 10.8. The molecule has 0 aliphatic carbocycles. The fourth-order valence-corrected chi connectivity index (χ4v) is 4.46. The maximum atomic E-state index is 12.5. The largest absolute Gasteiger partial charge is 0.394 e. The second-order valence-electron chi connectivity index (χ2n) is 8.43. The van der Waals surface area contributed by atoms with Crippen molar-refractivity contribution in [3.05, 3.63) is 0 Å². The fourth-order valence-electron chi connectivity index (χ4n) is 4.46. The number of urea groups is 2. The molecular formula is C18H30N4O11. The Morgan fingerprint density at radius 2 is 1.15 bits per heavy atom. The second kappa shape index (κ2) is 9.81. The highest BCUT2D eigenvalue weighted by atomic mass is 16.6. The molecule has 0 aromatic carbocycles. The molecule has 0 unspecified atom stereocenters. The third-order valence-electron chi connectivity index (χ3n) is 6.33. The van der Waals surface area contributed by atoms with Crippen molar-refractivity contribution in [2.24, 2.45) is 0 Å². The number of aliphatic hydroxyl groups excluding tert-OH is 6. The summed E-state index contributed by atoms with van der Waals surface area (Å²) in [6.45, 7) is -0.732. The summed E-state index contributed by atoms with van der Waals surface area (Å²) in [6, 6.07) is -1.20. The molecule has 0 bridgehead atoms. The second-order valence-corrected chi connectivity index (χ2v) is 8.43. The van der Waals surface area contributed by atoms with Gasteiger partial charge in [0.15, 0.2) is 12.5 Å². The number of nitrogens with zero attached hydrogens (tertiary/aromatic N) is 2. The summed E-state index contributed by atoms with van der Waals surface area (Å²) in [6.07, 6.45) is -10.5. The van der Waals surface area contributed by atoms with Crippen LogP contribution in [-0.2, 0) is 14.2 Å². The van der Waals surface area contributed by atoms with E-state index in [0.29, 0.717) is 12.8 Å². The molecule has 0 aromatic rings.